The molecule has 0 fully saturated rings. The maximum Gasteiger partial charge on any atom is 0.234 e. The number of aliphatic hydroxyl groups excluding tert-OH is 2. The van der Waals surface area contributed by atoms with E-state index >= 15 is 0 Å². The highest BCUT2D eigenvalue weighted by atomic mass is 16.3. The van der Waals surface area contributed by atoms with Crippen LogP contribution in [0.4, 0.5) is 0 Å². The Kier molecular flexibility index (Phi) is 4.02. The van der Waals surface area contributed by atoms with Crippen LogP contribution < -0.4 is 11.1 Å². The lowest BCUT2D eigenvalue weighted by molar-refractivity contribution is -0.122. The molecule has 0 aliphatic heterocycles. The van der Waals surface area contributed by atoms with Gasteiger partial charge in [0.15, 0.2) is 0 Å². The number of amides is 1. The van der Waals surface area contributed by atoms with Gasteiger partial charge in [-0.25, -0.2) is 0 Å². The average molecular weight is 162 g/mol. The van der Waals surface area contributed by atoms with Gasteiger partial charge in [-0.2, -0.15) is 0 Å². The Labute approximate surface area is 65.2 Å². The molecule has 0 atom stereocenters. The Morgan fingerprint density at radius 1 is 1.55 bits per heavy atom. The Balaban J connectivity index is 3.96. The van der Waals surface area contributed by atoms with E-state index < -0.39 is 11.4 Å². The van der Waals surface area contributed by atoms with Gasteiger partial charge in [0.25, 0.3) is 0 Å². The number of rotatable bonds is 4. The summed E-state index contributed by atoms with van der Waals surface area (Å²) in [5.74, 6) is -0.393. The topological polar surface area (TPSA) is 95.6 Å². The minimum atomic E-state index is -0.962. The molecule has 0 saturated carbocycles. The summed E-state index contributed by atoms with van der Waals surface area (Å²) in [6.45, 7) is 0.765. The van der Waals surface area contributed by atoms with Crippen LogP contribution in [0.3, 0.4) is 0 Å². The number of hydrogen-bond acceptors (Lipinski definition) is 4. The van der Waals surface area contributed by atoms with Gasteiger partial charge in [-0.1, -0.05) is 0 Å². The molecule has 5 heteroatoms. The first-order valence-electron chi connectivity index (χ1n) is 3.31. The zero-order valence-electron chi connectivity index (χ0n) is 6.50. The molecule has 0 bridgehead atoms. The maximum absolute atomic E-state index is 10.7. The van der Waals surface area contributed by atoms with Crippen molar-refractivity contribution in [2.45, 2.75) is 12.5 Å². The lowest BCUT2D eigenvalue weighted by atomic mass is 10.1. The van der Waals surface area contributed by atoms with Gasteiger partial charge in [0, 0.05) is 0 Å². The van der Waals surface area contributed by atoms with E-state index in [2.05, 4.69) is 5.32 Å². The summed E-state index contributed by atoms with van der Waals surface area (Å²) >= 11 is 0. The van der Waals surface area contributed by atoms with Crippen molar-refractivity contribution in [3.63, 3.8) is 0 Å². The van der Waals surface area contributed by atoms with Crippen molar-refractivity contribution in [3.05, 3.63) is 0 Å². The van der Waals surface area contributed by atoms with Crippen molar-refractivity contribution in [3.8, 4) is 0 Å². The van der Waals surface area contributed by atoms with Gasteiger partial charge < -0.3 is 21.3 Å². The molecule has 0 aliphatic rings. The normalized spacial score (nSPS) is 11.3. The lowest BCUT2D eigenvalue weighted by Crippen LogP contribution is -2.53. The van der Waals surface area contributed by atoms with Crippen LogP contribution >= 0.6 is 0 Å². The first kappa shape index (κ1) is 10.3. The molecule has 0 aliphatic carbocycles. The van der Waals surface area contributed by atoms with E-state index in [1.54, 1.807) is 0 Å². The predicted octanol–water partition coefficient (Wildman–Crippen LogP) is -2.20. The minimum absolute atomic E-state index is 0.143. The summed E-state index contributed by atoms with van der Waals surface area (Å²) in [4.78, 5) is 10.7. The van der Waals surface area contributed by atoms with Gasteiger partial charge in [-0.3, -0.25) is 4.79 Å². The average Bonchev–Trinajstić information content (AvgIpc) is 2.04. The number of nitrogens with two attached hydrogens (primary N) is 1. The summed E-state index contributed by atoms with van der Waals surface area (Å²) < 4.78 is 0. The third-order valence-electron chi connectivity index (χ3n) is 1.32. The highest BCUT2D eigenvalue weighted by molar-refractivity contribution is 5.78. The van der Waals surface area contributed by atoms with Gasteiger partial charge >= 0.3 is 0 Å². The van der Waals surface area contributed by atoms with Gasteiger partial charge in [-0.05, 0) is 6.92 Å². The number of carbonyl (C=O) groups excluding carboxylic acids is 1. The molecule has 0 spiro atoms. The first-order valence-corrected chi connectivity index (χ1v) is 3.31. The monoisotopic (exact) mass is 162 g/mol. The van der Waals surface area contributed by atoms with Crippen LogP contribution in [0.1, 0.15) is 6.92 Å². The SMILES string of the molecule is CC(CO)(CO)NC(=O)CN. The molecular formula is C6H14N2O3. The van der Waals surface area contributed by atoms with E-state index in [1.807, 2.05) is 0 Å². The zero-order valence-corrected chi connectivity index (χ0v) is 6.50. The molecule has 0 heterocycles. The molecule has 0 aromatic carbocycles. The molecule has 5 N–H and O–H groups in total. The number of aliphatic hydroxyl groups is 2. The summed E-state index contributed by atoms with van der Waals surface area (Å²) in [5.41, 5.74) is 4.05. The second-order valence-electron chi connectivity index (χ2n) is 2.63. The first-order chi connectivity index (χ1) is 5.08. The van der Waals surface area contributed by atoms with Crippen LogP contribution in [-0.2, 0) is 4.79 Å². The van der Waals surface area contributed by atoms with Crippen molar-refractivity contribution in [1.29, 1.82) is 0 Å². The molecule has 11 heavy (non-hydrogen) atoms. The number of nitrogens with one attached hydrogen (secondary N) is 1. The van der Waals surface area contributed by atoms with Crippen molar-refractivity contribution in [2.75, 3.05) is 19.8 Å². The Morgan fingerprint density at radius 3 is 2.27 bits per heavy atom. The molecule has 0 radical (unpaired) electrons. The molecule has 1 amide bonds. The molecule has 0 saturated heterocycles. The molecule has 0 aromatic rings. The lowest BCUT2D eigenvalue weighted by Gasteiger charge is -2.25. The molecule has 5 nitrogen and oxygen atoms in total. The van der Waals surface area contributed by atoms with Crippen LogP contribution in [0, 0.1) is 0 Å². The fraction of sp³-hybridized carbons (Fsp3) is 0.833. The Morgan fingerprint density at radius 2 is 2.00 bits per heavy atom. The van der Waals surface area contributed by atoms with Crippen molar-refractivity contribution >= 4 is 5.91 Å². The third-order valence-corrected chi connectivity index (χ3v) is 1.32. The molecule has 66 valence electrons. The Hall–Kier alpha value is -0.650. The summed E-state index contributed by atoms with van der Waals surface area (Å²) in [7, 11) is 0. The van der Waals surface area contributed by atoms with Crippen LogP contribution in [0.15, 0.2) is 0 Å². The standard InChI is InChI=1S/C6H14N2O3/c1-6(3-9,4-10)8-5(11)2-7/h9-10H,2-4,7H2,1H3,(H,8,11). The highest BCUT2D eigenvalue weighted by Gasteiger charge is 2.23. The number of carbonyl (C=O) groups is 1. The van der Waals surface area contributed by atoms with Crippen LogP contribution in [-0.4, -0.2) is 41.4 Å². The van der Waals surface area contributed by atoms with E-state index in [0.717, 1.165) is 0 Å². The smallest absolute Gasteiger partial charge is 0.234 e. The molecular weight excluding hydrogens is 148 g/mol. The molecule has 0 rings (SSSR count). The van der Waals surface area contributed by atoms with Gasteiger partial charge in [0.1, 0.15) is 0 Å². The second kappa shape index (κ2) is 4.27. The van der Waals surface area contributed by atoms with Crippen LogP contribution in [0.25, 0.3) is 0 Å². The van der Waals surface area contributed by atoms with Gasteiger partial charge in [0.2, 0.25) is 5.91 Å². The van der Waals surface area contributed by atoms with Crippen molar-refractivity contribution in [1.82, 2.24) is 5.32 Å². The van der Waals surface area contributed by atoms with Gasteiger partial charge in [0.05, 0.1) is 25.3 Å². The molecule has 0 aromatic heterocycles. The van der Waals surface area contributed by atoms with E-state index in [1.165, 1.54) is 6.92 Å². The third kappa shape index (κ3) is 3.31. The van der Waals surface area contributed by atoms with E-state index in [9.17, 15) is 4.79 Å². The largest absolute Gasteiger partial charge is 0.394 e. The second-order valence-corrected chi connectivity index (χ2v) is 2.63. The summed E-state index contributed by atoms with van der Waals surface area (Å²) in [6, 6.07) is 0. The predicted molar refractivity (Wildman–Crippen MR) is 39.8 cm³/mol. The highest BCUT2D eigenvalue weighted by Crippen LogP contribution is 1.99. The van der Waals surface area contributed by atoms with Crippen LogP contribution in [0.2, 0.25) is 0 Å². The zero-order chi connectivity index (χ0) is 8.91. The Bertz CT molecular complexity index is 134. The van der Waals surface area contributed by atoms with Crippen LogP contribution in [0.5, 0.6) is 0 Å². The maximum atomic E-state index is 10.7. The van der Waals surface area contributed by atoms with Crippen molar-refractivity contribution in [2.24, 2.45) is 5.73 Å². The summed E-state index contributed by atoms with van der Waals surface area (Å²) in [6.07, 6.45) is 0. The minimum Gasteiger partial charge on any atom is -0.394 e. The van der Waals surface area contributed by atoms with Gasteiger partial charge in [-0.15, -0.1) is 0 Å². The fourth-order valence-electron chi connectivity index (χ4n) is 0.517. The van der Waals surface area contributed by atoms with E-state index in [0.29, 0.717) is 0 Å². The van der Waals surface area contributed by atoms with Crippen molar-refractivity contribution < 1.29 is 15.0 Å². The summed E-state index contributed by atoms with van der Waals surface area (Å²) in [5, 5.41) is 19.8. The fourth-order valence-corrected chi connectivity index (χ4v) is 0.517. The number of hydrogen-bond donors (Lipinski definition) is 4. The van der Waals surface area contributed by atoms with E-state index in [-0.39, 0.29) is 19.8 Å². The molecule has 0 unspecified atom stereocenters. The van der Waals surface area contributed by atoms with E-state index in [4.69, 9.17) is 15.9 Å². The quantitative estimate of drug-likeness (QED) is 0.377.